The van der Waals surface area contributed by atoms with Crippen molar-refractivity contribution in [3.8, 4) is 6.07 Å². The zero-order valence-electron chi connectivity index (χ0n) is 20.1. The lowest BCUT2D eigenvalue weighted by atomic mass is 9.84. The van der Waals surface area contributed by atoms with Gasteiger partial charge in [-0.15, -0.1) is 0 Å². The summed E-state index contributed by atoms with van der Waals surface area (Å²) >= 11 is 0. The van der Waals surface area contributed by atoms with Crippen molar-refractivity contribution in [1.29, 1.82) is 5.26 Å². The second-order valence-electron chi connectivity index (χ2n) is 9.05. The molecule has 10 nitrogen and oxygen atoms in total. The van der Waals surface area contributed by atoms with Crippen molar-refractivity contribution in [2.45, 2.75) is 36.6 Å². The summed E-state index contributed by atoms with van der Waals surface area (Å²) in [5.41, 5.74) is 1.36. The molecule has 0 bridgehead atoms. The van der Waals surface area contributed by atoms with Crippen LogP contribution in [0.25, 0.3) is 10.9 Å². The van der Waals surface area contributed by atoms with Gasteiger partial charge in [-0.25, -0.2) is 12.7 Å². The van der Waals surface area contributed by atoms with Crippen LogP contribution in [-0.2, 0) is 15.6 Å². The third-order valence-electron chi connectivity index (χ3n) is 6.59. The molecule has 184 valence electrons. The Morgan fingerprint density at radius 2 is 1.91 bits per heavy atom. The molecule has 1 saturated heterocycles. The highest BCUT2D eigenvalue weighted by Crippen LogP contribution is 2.38. The summed E-state index contributed by atoms with van der Waals surface area (Å²) in [6, 6.07) is 10.4. The number of benzene rings is 1. The molecule has 2 aromatic heterocycles. The molecular weight excluding hydrogens is 466 g/mol. The number of H-pyrrole nitrogens is 1. The van der Waals surface area contributed by atoms with Crippen molar-refractivity contribution in [2.75, 3.05) is 32.5 Å². The maximum Gasteiger partial charge on any atom is 0.261 e. The topological polar surface area (TPSA) is 127 Å². The quantitative estimate of drug-likeness (QED) is 0.516. The molecule has 11 heteroatoms. The minimum atomic E-state index is -3.55. The van der Waals surface area contributed by atoms with Crippen molar-refractivity contribution >= 4 is 32.4 Å². The molecule has 4 rings (SSSR count). The molecule has 1 aliphatic heterocycles. The normalized spacial score (nSPS) is 15.8. The molecule has 3 aromatic rings. The van der Waals surface area contributed by atoms with Gasteiger partial charge in [0.15, 0.2) is 5.82 Å². The van der Waals surface area contributed by atoms with Gasteiger partial charge in [-0.05, 0) is 50.1 Å². The summed E-state index contributed by atoms with van der Waals surface area (Å²) < 4.78 is 27.7. The third kappa shape index (κ3) is 4.42. The lowest BCUT2D eigenvalue weighted by molar-refractivity contribution is 0.129. The first-order chi connectivity index (χ1) is 16.6. The zero-order chi connectivity index (χ0) is 25.4. The summed E-state index contributed by atoms with van der Waals surface area (Å²) in [5, 5.41) is 18.0. The van der Waals surface area contributed by atoms with Crippen molar-refractivity contribution < 1.29 is 8.42 Å². The Labute approximate surface area is 204 Å². The fourth-order valence-corrected chi connectivity index (χ4v) is 5.40. The number of aromatic nitrogens is 3. The number of fused-ring (bicyclic) bond motifs is 1. The number of rotatable bonds is 7. The van der Waals surface area contributed by atoms with E-state index in [1.165, 1.54) is 26.2 Å². The number of hydrogen-bond donors (Lipinski definition) is 2. The van der Waals surface area contributed by atoms with E-state index < -0.39 is 15.6 Å². The Hall–Kier alpha value is -3.62. The fraction of sp³-hybridized carbons (Fsp3) is 0.375. The highest BCUT2D eigenvalue weighted by atomic mass is 32.2. The van der Waals surface area contributed by atoms with Gasteiger partial charge >= 0.3 is 0 Å². The van der Waals surface area contributed by atoms with Crippen LogP contribution in [0.4, 0.5) is 11.5 Å². The predicted molar refractivity (Wildman–Crippen MR) is 135 cm³/mol. The van der Waals surface area contributed by atoms with E-state index in [4.69, 9.17) is 5.10 Å². The maximum atomic E-state index is 12.8. The van der Waals surface area contributed by atoms with E-state index in [-0.39, 0.29) is 16.9 Å². The van der Waals surface area contributed by atoms with E-state index in [1.807, 2.05) is 11.6 Å². The average molecular weight is 496 g/mol. The van der Waals surface area contributed by atoms with Crippen molar-refractivity contribution in [2.24, 2.45) is 0 Å². The number of pyridine rings is 1. The Morgan fingerprint density at radius 3 is 2.49 bits per heavy atom. The highest BCUT2D eigenvalue weighted by Gasteiger charge is 2.39. The molecule has 0 spiro atoms. The van der Waals surface area contributed by atoms with Gasteiger partial charge in [0.2, 0.25) is 10.0 Å². The molecule has 2 N–H and O–H groups in total. The summed E-state index contributed by atoms with van der Waals surface area (Å²) in [4.78, 5) is 17.9. The summed E-state index contributed by atoms with van der Waals surface area (Å²) in [5.74, 6) is 0.352. The standard InChI is InChI=1S/C24H29N7O3S/c1-17(2)30-15-11-24(10-13-25,12-16-30)31-20-9-14-26-23(32)21(20)22(28-31)27-18-5-7-19(8-6-18)35(33,34)29(3)4/h5-9,14H,1,10-12,15-16H2,2-4H3,(H,26,32)(H,27,28). The Balaban J connectivity index is 1.75. The van der Waals surface area contributed by atoms with Crippen LogP contribution in [-0.4, -0.2) is 59.6 Å². The van der Waals surface area contributed by atoms with Gasteiger partial charge in [-0.3, -0.25) is 9.48 Å². The van der Waals surface area contributed by atoms with Crippen LogP contribution >= 0.6 is 0 Å². The van der Waals surface area contributed by atoms with Crippen LogP contribution in [0, 0.1) is 11.3 Å². The minimum Gasteiger partial charge on any atom is -0.375 e. The van der Waals surface area contributed by atoms with E-state index in [0.29, 0.717) is 35.2 Å². The van der Waals surface area contributed by atoms with Crippen molar-refractivity contribution in [3.63, 3.8) is 0 Å². The Bertz CT molecular complexity index is 1460. The molecule has 0 atom stereocenters. The van der Waals surface area contributed by atoms with Crippen molar-refractivity contribution in [3.05, 3.63) is 59.2 Å². The molecular formula is C24H29N7O3S. The zero-order valence-corrected chi connectivity index (χ0v) is 20.9. The van der Waals surface area contributed by atoms with Crippen LogP contribution in [0.1, 0.15) is 26.2 Å². The van der Waals surface area contributed by atoms with E-state index in [2.05, 4.69) is 27.8 Å². The number of piperidine rings is 1. The third-order valence-corrected chi connectivity index (χ3v) is 8.42. The number of allylic oxidation sites excluding steroid dienone is 1. The van der Waals surface area contributed by atoms with Crippen LogP contribution in [0.5, 0.6) is 0 Å². The van der Waals surface area contributed by atoms with Crippen LogP contribution in [0.15, 0.2) is 58.5 Å². The second-order valence-corrected chi connectivity index (χ2v) is 11.2. The SMILES string of the molecule is C=C(C)N1CCC(CC#N)(n2nc(Nc3ccc(S(=O)(=O)N(C)C)cc3)c3c(=O)[nH]ccc32)CC1. The second kappa shape index (κ2) is 9.20. The van der Waals surface area contributed by atoms with Crippen molar-refractivity contribution in [1.82, 2.24) is 24.0 Å². The minimum absolute atomic E-state index is 0.165. The smallest absolute Gasteiger partial charge is 0.261 e. The Morgan fingerprint density at radius 1 is 1.26 bits per heavy atom. The molecule has 1 aromatic carbocycles. The summed E-state index contributed by atoms with van der Waals surface area (Å²) in [7, 11) is -0.600. The lowest BCUT2D eigenvalue weighted by Crippen LogP contribution is -2.45. The van der Waals surface area contributed by atoms with Gasteiger partial charge < -0.3 is 15.2 Å². The van der Waals surface area contributed by atoms with E-state index in [9.17, 15) is 18.5 Å². The maximum absolute atomic E-state index is 12.8. The van der Waals surface area contributed by atoms with Gasteiger partial charge in [-0.2, -0.15) is 10.4 Å². The Kier molecular flexibility index (Phi) is 6.44. The number of nitrogens with zero attached hydrogens (tertiary/aromatic N) is 5. The number of anilines is 2. The first kappa shape index (κ1) is 24.5. The van der Waals surface area contributed by atoms with Gasteiger partial charge in [0.1, 0.15) is 5.39 Å². The number of likely N-dealkylation sites (tertiary alicyclic amines) is 1. The molecule has 0 saturated carbocycles. The van der Waals surface area contributed by atoms with E-state index in [1.54, 1.807) is 24.4 Å². The molecule has 1 aliphatic rings. The predicted octanol–water partition coefficient (Wildman–Crippen LogP) is 2.96. The number of hydrogen-bond acceptors (Lipinski definition) is 7. The fourth-order valence-electron chi connectivity index (χ4n) is 4.50. The van der Waals surface area contributed by atoms with Gasteiger partial charge in [0, 0.05) is 44.8 Å². The number of nitrogens with one attached hydrogen (secondary N) is 2. The first-order valence-corrected chi connectivity index (χ1v) is 12.7. The van der Waals surface area contributed by atoms with E-state index in [0.717, 1.165) is 23.1 Å². The molecule has 0 unspecified atom stereocenters. The van der Waals surface area contributed by atoms with Crippen LogP contribution in [0.3, 0.4) is 0 Å². The van der Waals surface area contributed by atoms with Crippen LogP contribution < -0.4 is 10.9 Å². The monoisotopic (exact) mass is 495 g/mol. The molecule has 35 heavy (non-hydrogen) atoms. The van der Waals surface area contributed by atoms with Gasteiger partial charge in [0.25, 0.3) is 5.56 Å². The molecule has 0 aliphatic carbocycles. The number of nitriles is 1. The van der Waals surface area contributed by atoms with Gasteiger partial charge in [-0.1, -0.05) is 6.58 Å². The molecule has 3 heterocycles. The highest BCUT2D eigenvalue weighted by molar-refractivity contribution is 7.89. The van der Waals surface area contributed by atoms with Gasteiger partial charge in [0.05, 0.1) is 28.4 Å². The number of aromatic amines is 1. The number of sulfonamides is 1. The molecule has 0 amide bonds. The molecule has 0 radical (unpaired) electrons. The van der Waals surface area contributed by atoms with E-state index >= 15 is 0 Å². The average Bonchev–Trinajstić information content (AvgIpc) is 3.20. The van der Waals surface area contributed by atoms with Crippen LogP contribution in [0.2, 0.25) is 0 Å². The first-order valence-electron chi connectivity index (χ1n) is 11.3. The summed E-state index contributed by atoms with van der Waals surface area (Å²) in [6.07, 6.45) is 3.22. The lowest BCUT2D eigenvalue weighted by Gasteiger charge is -2.42. The molecule has 1 fully saturated rings. The summed E-state index contributed by atoms with van der Waals surface area (Å²) in [6.45, 7) is 7.49. The largest absolute Gasteiger partial charge is 0.375 e.